The molecule has 6 atom stereocenters. The Hall–Kier alpha value is -10.6. The van der Waals surface area contributed by atoms with Gasteiger partial charge in [0.2, 0.25) is 23.6 Å². The first-order valence-corrected chi connectivity index (χ1v) is 29.1. The molecule has 0 aliphatic carbocycles. The summed E-state index contributed by atoms with van der Waals surface area (Å²) in [7, 11) is 0. The fraction of sp³-hybridized carbons (Fsp3) is 0.229. The molecule has 88 heavy (non-hydrogen) atoms. The first kappa shape index (κ1) is 63.4. The van der Waals surface area contributed by atoms with Crippen LogP contribution in [0.3, 0.4) is 0 Å². The molecule has 0 unspecified atom stereocenters. The minimum atomic E-state index is -1.22. The van der Waals surface area contributed by atoms with Crippen molar-refractivity contribution >= 4 is 47.4 Å². The molecule has 0 fully saturated rings. The van der Waals surface area contributed by atoms with Crippen LogP contribution in [0.25, 0.3) is 11.4 Å². The van der Waals surface area contributed by atoms with Crippen molar-refractivity contribution in [1.29, 1.82) is 0 Å². The van der Waals surface area contributed by atoms with Gasteiger partial charge in [-0.15, -0.1) is 0 Å². The number of aromatic nitrogens is 2. The Kier molecular flexibility index (Phi) is 23.5. The second kappa shape index (κ2) is 32.6. The quantitative estimate of drug-likeness (QED) is 0.0263. The van der Waals surface area contributed by atoms with Gasteiger partial charge < -0.3 is 41.4 Å². The fourth-order valence-corrected chi connectivity index (χ4v) is 9.80. The summed E-state index contributed by atoms with van der Waals surface area (Å²) < 4.78 is 10.7. The van der Waals surface area contributed by atoms with Gasteiger partial charge in [-0.1, -0.05) is 182 Å². The van der Waals surface area contributed by atoms with Crippen LogP contribution in [0.5, 0.6) is 0 Å². The maximum absolute atomic E-state index is 14.6. The molecule has 0 aliphatic rings. The van der Waals surface area contributed by atoms with E-state index in [1.165, 1.54) is 36.7 Å². The average molecular weight is 1180 g/mol. The van der Waals surface area contributed by atoms with Gasteiger partial charge in [0.25, 0.3) is 11.8 Å². The monoisotopic (exact) mass is 1180 g/mol. The van der Waals surface area contributed by atoms with Gasteiger partial charge in [-0.05, 0) is 71.5 Å². The summed E-state index contributed by atoms with van der Waals surface area (Å²) in [4.78, 5) is 122. The smallest absolute Gasteiger partial charge is 0.328 e. The van der Waals surface area contributed by atoms with Crippen molar-refractivity contribution in [1.82, 2.24) is 41.9 Å². The molecule has 0 saturated carbocycles. The molecule has 0 bridgehead atoms. The molecule has 8 rings (SSSR count). The van der Waals surface area contributed by atoms with Crippen molar-refractivity contribution in [2.45, 2.75) is 88.6 Å². The molecule has 0 aliphatic heterocycles. The zero-order valence-electron chi connectivity index (χ0n) is 48.9. The number of benzene rings is 6. The van der Waals surface area contributed by atoms with E-state index in [0.29, 0.717) is 11.1 Å². The number of hydrogen-bond acceptors (Lipinski definition) is 12. The van der Waals surface area contributed by atoms with Crippen LogP contribution >= 0.6 is 0 Å². The summed E-state index contributed by atoms with van der Waals surface area (Å²) in [6, 6.07) is 53.4. The molecule has 0 saturated heterocycles. The van der Waals surface area contributed by atoms with Crippen molar-refractivity contribution in [3.8, 4) is 11.4 Å². The molecule has 6 aromatic carbocycles. The predicted octanol–water partition coefficient (Wildman–Crippen LogP) is 6.86. The standard InChI is InChI=1S/C70H70N8O10/c1-3-87-69(85)61(43-51-31-19-9-20-32-51)77-67(83)59(41-49-27-15-7-16-28-49)75-65(81)57(39-47-23-11-5-12-24-47)73-63(79)53-35-37-71-55(45-53)56-46-54(36-38-72-56)64(80)74-58(40-48-25-13-6-14-26-48)66(82)76-60(42-50-29-17-8-18-30-50)68(84)78-62(70(86)88-4-2)44-52-33-21-10-22-34-52/h5-38,45-46,57-62H,3-4,39-44H2,1-2H3,(H,73,79)(H,74,80)(H,75,81)(H,76,82)(H,77,83)(H,78,84)/t57-,58-,59-,60-,61-,62-/m0/s1. The van der Waals surface area contributed by atoms with Gasteiger partial charge in [0.15, 0.2) is 0 Å². The highest BCUT2D eigenvalue weighted by atomic mass is 16.5. The molecule has 18 heteroatoms. The summed E-state index contributed by atoms with van der Waals surface area (Å²) in [5.74, 6) is -5.21. The maximum Gasteiger partial charge on any atom is 0.328 e. The highest BCUT2D eigenvalue weighted by Crippen LogP contribution is 2.19. The third-order valence-electron chi connectivity index (χ3n) is 14.3. The first-order chi connectivity index (χ1) is 42.8. The van der Waals surface area contributed by atoms with E-state index in [1.54, 1.807) is 38.1 Å². The number of nitrogens with one attached hydrogen (secondary N) is 6. The van der Waals surface area contributed by atoms with Crippen LogP contribution in [-0.2, 0) is 76.8 Å². The average Bonchev–Trinajstić information content (AvgIpc) is 3.75. The Bertz CT molecular complexity index is 3370. The Morgan fingerprint density at radius 3 is 0.795 bits per heavy atom. The highest BCUT2D eigenvalue weighted by Gasteiger charge is 2.33. The van der Waals surface area contributed by atoms with Gasteiger partial charge in [-0.2, -0.15) is 0 Å². The van der Waals surface area contributed by atoms with E-state index >= 15 is 0 Å². The number of pyridine rings is 2. The number of nitrogens with zero attached hydrogens (tertiary/aromatic N) is 2. The molecular formula is C70H70N8O10. The van der Waals surface area contributed by atoms with E-state index in [1.807, 2.05) is 158 Å². The lowest BCUT2D eigenvalue weighted by atomic mass is 10.0. The van der Waals surface area contributed by atoms with E-state index in [4.69, 9.17) is 9.47 Å². The van der Waals surface area contributed by atoms with Crippen LogP contribution in [-0.4, -0.2) is 107 Å². The zero-order valence-corrected chi connectivity index (χ0v) is 48.9. The van der Waals surface area contributed by atoms with E-state index in [-0.39, 0.29) is 74.3 Å². The Morgan fingerprint density at radius 1 is 0.318 bits per heavy atom. The van der Waals surface area contributed by atoms with Crippen LogP contribution in [0, 0.1) is 0 Å². The van der Waals surface area contributed by atoms with Crippen LogP contribution in [0.2, 0.25) is 0 Å². The Balaban J connectivity index is 1.01. The molecule has 18 nitrogen and oxygen atoms in total. The summed E-state index contributed by atoms with van der Waals surface area (Å²) in [5, 5.41) is 17.1. The van der Waals surface area contributed by atoms with Crippen molar-refractivity contribution in [2.75, 3.05) is 13.2 Å². The van der Waals surface area contributed by atoms with Crippen LogP contribution in [0.1, 0.15) is 67.9 Å². The molecule has 6 N–H and O–H groups in total. The normalized spacial score (nSPS) is 12.9. The zero-order chi connectivity index (χ0) is 62.0. The topological polar surface area (TPSA) is 253 Å². The molecule has 2 aromatic heterocycles. The minimum Gasteiger partial charge on any atom is -0.464 e. The predicted molar refractivity (Wildman–Crippen MR) is 332 cm³/mol. The van der Waals surface area contributed by atoms with Crippen LogP contribution < -0.4 is 31.9 Å². The lowest BCUT2D eigenvalue weighted by Crippen LogP contribution is -2.57. The van der Waals surface area contributed by atoms with Gasteiger partial charge in [0.05, 0.1) is 24.6 Å². The third kappa shape index (κ3) is 19.2. The van der Waals surface area contributed by atoms with Gasteiger partial charge in [0, 0.05) is 62.0 Å². The molecule has 450 valence electrons. The summed E-state index contributed by atoms with van der Waals surface area (Å²) in [6.07, 6.45) is 3.21. The SMILES string of the molecule is CCOC(=O)[C@H](Cc1ccccc1)NC(=O)[C@H](Cc1ccccc1)NC(=O)[C@H](Cc1ccccc1)NC(=O)c1ccnc(-c2cc(C(=O)N[C@@H](Cc3ccccc3)C(=O)N[C@@H](Cc3ccccc3)C(=O)N[C@@H](Cc3ccccc3)C(=O)OCC)ccn2)c1. The van der Waals surface area contributed by atoms with Crippen molar-refractivity contribution in [2.24, 2.45) is 0 Å². The number of carbonyl (C=O) groups excluding carboxylic acids is 8. The van der Waals surface area contributed by atoms with Crippen molar-refractivity contribution in [3.63, 3.8) is 0 Å². The van der Waals surface area contributed by atoms with Crippen LogP contribution in [0.15, 0.2) is 219 Å². The lowest BCUT2D eigenvalue weighted by Gasteiger charge is -2.25. The van der Waals surface area contributed by atoms with E-state index in [2.05, 4.69) is 41.9 Å². The number of rotatable bonds is 29. The van der Waals surface area contributed by atoms with Crippen molar-refractivity contribution < 1.29 is 47.8 Å². The first-order valence-electron chi connectivity index (χ1n) is 29.1. The van der Waals surface area contributed by atoms with Crippen molar-refractivity contribution in [3.05, 3.63) is 263 Å². The number of amides is 6. The Labute approximate surface area is 511 Å². The molecule has 2 heterocycles. The molecule has 0 spiro atoms. The Morgan fingerprint density at radius 2 is 0.545 bits per heavy atom. The van der Waals surface area contributed by atoms with E-state index in [9.17, 15) is 38.4 Å². The van der Waals surface area contributed by atoms with Gasteiger partial charge >= 0.3 is 11.9 Å². The second-order valence-corrected chi connectivity index (χ2v) is 20.8. The maximum atomic E-state index is 14.6. The molecule has 0 radical (unpaired) electrons. The van der Waals surface area contributed by atoms with E-state index in [0.717, 1.165) is 22.3 Å². The fourth-order valence-electron chi connectivity index (χ4n) is 9.80. The third-order valence-corrected chi connectivity index (χ3v) is 14.3. The van der Waals surface area contributed by atoms with Gasteiger partial charge in [-0.25, -0.2) is 9.59 Å². The summed E-state index contributed by atoms with van der Waals surface area (Å²) in [6.45, 7) is 3.52. The number of ether oxygens (including phenoxy) is 2. The molecule has 6 amide bonds. The number of hydrogen-bond donors (Lipinski definition) is 6. The van der Waals surface area contributed by atoms with Gasteiger partial charge in [0.1, 0.15) is 36.3 Å². The number of esters is 2. The van der Waals surface area contributed by atoms with Crippen LogP contribution in [0.4, 0.5) is 0 Å². The molecular weight excluding hydrogens is 1110 g/mol. The molecule has 8 aromatic rings. The van der Waals surface area contributed by atoms with E-state index < -0.39 is 83.6 Å². The summed E-state index contributed by atoms with van der Waals surface area (Å²) in [5.41, 5.74) is 5.02. The largest absolute Gasteiger partial charge is 0.464 e. The van der Waals surface area contributed by atoms with Gasteiger partial charge in [-0.3, -0.25) is 38.7 Å². The number of carbonyl (C=O) groups is 8. The minimum absolute atomic E-state index is 0.0308. The highest BCUT2D eigenvalue weighted by molar-refractivity contribution is 6.01. The lowest BCUT2D eigenvalue weighted by molar-refractivity contribution is -0.148. The summed E-state index contributed by atoms with van der Waals surface area (Å²) >= 11 is 0. The second-order valence-electron chi connectivity index (χ2n) is 20.8.